The van der Waals surface area contributed by atoms with E-state index in [0.717, 1.165) is 42.4 Å². The van der Waals surface area contributed by atoms with Gasteiger partial charge in [0.1, 0.15) is 11.9 Å². The maximum absolute atomic E-state index is 13.6. The van der Waals surface area contributed by atoms with Crippen LogP contribution in [-0.4, -0.2) is 71.1 Å². The second kappa shape index (κ2) is 10.3. The summed E-state index contributed by atoms with van der Waals surface area (Å²) in [5.41, 5.74) is 2.29. The molecule has 0 radical (unpaired) electrons. The quantitative estimate of drug-likeness (QED) is 0.510. The van der Waals surface area contributed by atoms with E-state index in [9.17, 15) is 9.90 Å². The molecule has 2 aliphatic heterocycles. The van der Waals surface area contributed by atoms with Gasteiger partial charge in [-0.05, 0) is 50.9 Å². The predicted octanol–water partition coefficient (Wildman–Crippen LogP) is 4.41. The van der Waals surface area contributed by atoms with Gasteiger partial charge >= 0.3 is 0 Å². The molecular weight excluding hydrogens is 426 g/mol. The lowest BCUT2D eigenvalue weighted by Gasteiger charge is -2.43. The summed E-state index contributed by atoms with van der Waals surface area (Å²) < 4.78 is 5.66. The summed E-state index contributed by atoms with van der Waals surface area (Å²) in [6.07, 6.45) is 6.57. The first-order valence-corrected chi connectivity index (χ1v) is 12.6. The average molecular weight is 462 g/mol. The molecule has 2 aliphatic rings. The summed E-state index contributed by atoms with van der Waals surface area (Å²) in [5, 5.41) is 12.4. The number of aliphatic hydroxyl groups excluding tert-OH is 1. The molecule has 3 aromatic rings. The first-order chi connectivity index (χ1) is 16.7. The number of ether oxygens (including phenoxy) is 1. The van der Waals surface area contributed by atoms with Crippen molar-refractivity contribution in [1.82, 2.24) is 14.8 Å². The van der Waals surface area contributed by atoms with Gasteiger partial charge in [-0.15, -0.1) is 0 Å². The second-order valence-corrected chi connectivity index (χ2v) is 9.61. The summed E-state index contributed by atoms with van der Waals surface area (Å²) in [4.78, 5) is 21.7. The van der Waals surface area contributed by atoms with Gasteiger partial charge in [-0.1, -0.05) is 42.8 Å². The Balaban J connectivity index is 1.42. The summed E-state index contributed by atoms with van der Waals surface area (Å²) >= 11 is 0. The molecule has 0 saturated carbocycles. The smallest absolute Gasteiger partial charge is 0.195 e. The number of ketones is 1. The van der Waals surface area contributed by atoms with E-state index >= 15 is 0 Å². The zero-order chi connectivity index (χ0) is 23.5. The van der Waals surface area contributed by atoms with E-state index in [0.29, 0.717) is 17.4 Å². The lowest BCUT2D eigenvalue weighted by molar-refractivity contribution is 0.0154. The zero-order valence-corrected chi connectivity index (χ0v) is 20.0. The molecule has 3 heterocycles. The number of hydrogen-bond acceptors (Lipinski definition) is 5. The van der Waals surface area contributed by atoms with Crippen LogP contribution in [0.2, 0.25) is 0 Å². The Morgan fingerprint density at radius 3 is 2.47 bits per heavy atom. The number of aromatic amines is 1. The van der Waals surface area contributed by atoms with Gasteiger partial charge in [-0.25, -0.2) is 0 Å². The first kappa shape index (κ1) is 23.1. The SMILES string of the molecule is COc1ccccc1C(C(O)C(=O)c1c[nH]c2ccccc12)N1CCC(N2CCCCC2)CC1. The molecule has 0 bridgehead atoms. The van der Waals surface area contributed by atoms with Crippen LogP contribution in [0, 0.1) is 0 Å². The summed E-state index contributed by atoms with van der Waals surface area (Å²) in [6.45, 7) is 4.09. The van der Waals surface area contributed by atoms with Crippen LogP contribution in [0.25, 0.3) is 10.9 Å². The number of carbonyl (C=O) groups excluding carboxylic acids is 1. The van der Waals surface area contributed by atoms with Gasteiger partial charge in [0.05, 0.1) is 13.2 Å². The minimum Gasteiger partial charge on any atom is -0.496 e. The van der Waals surface area contributed by atoms with Gasteiger partial charge in [0.25, 0.3) is 0 Å². The third kappa shape index (κ3) is 4.50. The van der Waals surface area contributed by atoms with Gasteiger partial charge in [0.2, 0.25) is 0 Å². The molecule has 2 saturated heterocycles. The number of nitrogens with one attached hydrogen (secondary N) is 1. The normalized spacial score (nSPS) is 20.3. The van der Waals surface area contributed by atoms with Crippen LogP contribution in [-0.2, 0) is 0 Å². The number of aliphatic hydroxyl groups is 1. The van der Waals surface area contributed by atoms with Gasteiger partial charge < -0.3 is 19.7 Å². The Hall–Kier alpha value is -2.67. The van der Waals surface area contributed by atoms with Gasteiger partial charge in [0, 0.05) is 47.4 Å². The maximum Gasteiger partial charge on any atom is 0.195 e. The van der Waals surface area contributed by atoms with Crippen molar-refractivity contribution in [3.8, 4) is 5.75 Å². The van der Waals surface area contributed by atoms with Crippen molar-refractivity contribution in [3.63, 3.8) is 0 Å². The van der Waals surface area contributed by atoms with Crippen molar-refractivity contribution in [2.45, 2.75) is 50.3 Å². The molecule has 2 unspecified atom stereocenters. The molecule has 5 rings (SSSR count). The highest BCUT2D eigenvalue weighted by atomic mass is 16.5. The van der Waals surface area contributed by atoms with E-state index in [2.05, 4.69) is 14.8 Å². The number of H-pyrrole nitrogens is 1. The summed E-state index contributed by atoms with van der Waals surface area (Å²) in [5.74, 6) is 0.447. The van der Waals surface area contributed by atoms with Crippen molar-refractivity contribution < 1.29 is 14.6 Å². The van der Waals surface area contributed by atoms with Gasteiger partial charge in [-0.2, -0.15) is 0 Å². The van der Waals surface area contributed by atoms with Gasteiger partial charge in [0.15, 0.2) is 5.78 Å². The average Bonchev–Trinajstić information content (AvgIpc) is 3.34. The number of fused-ring (bicyclic) bond motifs is 1. The number of piperidine rings is 2. The molecular formula is C28H35N3O3. The van der Waals surface area contributed by atoms with Crippen molar-refractivity contribution in [2.75, 3.05) is 33.3 Å². The number of hydrogen-bond donors (Lipinski definition) is 2. The number of Topliss-reactive ketones (excluding diaryl/α,β-unsaturated/α-hetero) is 1. The molecule has 2 aromatic carbocycles. The molecule has 1 aromatic heterocycles. The number of rotatable bonds is 7. The third-order valence-corrected chi connectivity index (χ3v) is 7.68. The molecule has 6 nitrogen and oxygen atoms in total. The highest BCUT2D eigenvalue weighted by Gasteiger charge is 2.38. The molecule has 2 fully saturated rings. The monoisotopic (exact) mass is 461 g/mol. The highest BCUT2D eigenvalue weighted by molar-refractivity contribution is 6.10. The van der Waals surface area contributed by atoms with E-state index in [1.54, 1.807) is 13.3 Å². The second-order valence-electron chi connectivity index (χ2n) is 9.61. The van der Waals surface area contributed by atoms with Crippen LogP contribution in [0.15, 0.2) is 54.7 Å². The molecule has 0 aliphatic carbocycles. The molecule has 0 spiro atoms. The fourth-order valence-corrected chi connectivity index (χ4v) is 5.87. The Bertz CT molecular complexity index is 1110. The van der Waals surface area contributed by atoms with Crippen molar-refractivity contribution in [2.24, 2.45) is 0 Å². The number of aromatic nitrogens is 1. The maximum atomic E-state index is 13.6. The zero-order valence-electron chi connectivity index (χ0n) is 20.0. The molecule has 180 valence electrons. The fourth-order valence-electron chi connectivity index (χ4n) is 5.87. The van der Waals surface area contributed by atoms with Crippen molar-refractivity contribution in [1.29, 1.82) is 0 Å². The number of para-hydroxylation sites is 2. The molecule has 0 amide bonds. The van der Waals surface area contributed by atoms with E-state index < -0.39 is 12.1 Å². The lowest BCUT2D eigenvalue weighted by atomic mass is 9.90. The Labute approximate surface area is 201 Å². The Morgan fingerprint density at radius 1 is 1.00 bits per heavy atom. The van der Waals surface area contributed by atoms with Crippen LogP contribution in [0.4, 0.5) is 0 Å². The van der Waals surface area contributed by atoms with Crippen LogP contribution in [0.5, 0.6) is 5.75 Å². The molecule has 2 N–H and O–H groups in total. The Morgan fingerprint density at radius 2 is 1.71 bits per heavy atom. The molecule has 6 heteroatoms. The Kier molecular flexibility index (Phi) is 6.99. The fraction of sp³-hybridized carbons (Fsp3) is 0.464. The van der Waals surface area contributed by atoms with Crippen LogP contribution < -0.4 is 4.74 Å². The van der Waals surface area contributed by atoms with Crippen molar-refractivity contribution in [3.05, 3.63) is 65.9 Å². The van der Waals surface area contributed by atoms with Gasteiger partial charge in [-0.3, -0.25) is 9.69 Å². The predicted molar refractivity (Wildman–Crippen MR) is 134 cm³/mol. The largest absolute Gasteiger partial charge is 0.496 e. The number of nitrogens with zero attached hydrogens (tertiary/aromatic N) is 2. The standard InChI is InChI=1S/C28H35N3O3/c1-34-25-12-6-4-10-22(25)26(31-17-13-20(14-18-31)30-15-7-2-8-16-30)28(33)27(32)23-19-29-24-11-5-3-9-21(23)24/h3-6,9-12,19-20,26,28-29,33H,2,7-8,13-18H2,1H3. The van der Waals surface area contributed by atoms with Crippen LogP contribution in [0.3, 0.4) is 0 Å². The van der Waals surface area contributed by atoms with E-state index in [1.165, 1.54) is 32.4 Å². The summed E-state index contributed by atoms with van der Waals surface area (Å²) in [7, 11) is 1.65. The number of carbonyl (C=O) groups is 1. The number of likely N-dealkylation sites (tertiary alicyclic amines) is 2. The first-order valence-electron chi connectivity index (χ1n) is 12.6. The molecule has 34 heavy (non-hydrogen) atoms. The van der Waals surface area contributed by atoms with Crippen LogP contribution >= 0.6 is 0 Å². The van der Waals surface area contributed by atoms with E-state index in [1.807, 2.05) is 48.5 Å². The number of benzene rings is 2. The molecule has 2 atom stereocenters. The van der Waals surface area contributed by atoms with Crippen molar-refractivity contribution >= 4 is 16.7 Å². The number of methoxy groups -OCH3 is 1. The highest BCUT2D eigenvalue weighted by Crippen LogP contribution is 2.36. The topological polar surface area (TPSA) is 68.8 Å². The minimum atomic E-state index is -1.19. The minimum absolute atomic E-state index is 0.258. The van der Waals surface area contributed by atoms with Crippen LogP contribution in [0.1, 0.15) is 54.1 Å². The summed E-state index contributed by atoms with van der Waals surface area (Å²) in [6, 6.07) is 15.6. The third-order valence-electron chi connectivity index (χ3n) is 7.68. The van der Waals surface area contributed by atoms with E-state index in [-0.39, 0.29) is 5.78 Å². The van der Waals surface area contributed by atoms with E-state index in [4.69, 9.17) is 4.74 Å². The lowest BCUT2D eigenvalue weighted by Crippen LogP contribution is -2.50.